The minimum absolute atomic E-state index is 0.144. The number of benzene rings is 2. The maximum Gasteiger partial charge on any atom is 0.220 e. The SMILES string of the molecule is COc1cc(OC)c(Cl)c(-c2cc3cnc(N)nc3c([N-]CCc3ccccc3)n2)c1Cl. The van der Waals surface area contributed by atoms with E-state index in [1.54, 1.807) is 18.3 Å². The van der Waals surface area contributed by atoms with E-state index in [2.05, 4.69) is 22.1 Å². The molecular weight excluding hydrogens is 449 g/mol. The molecule has 2 heterocycles. The summed E-state index contributed by atoms with van der Waals surface area (Å²) in [7, 11) is 3.04. The molecule has 2 aromatic carbocycles. The van der Waals surface area contributed by atoms with Crippen LogP contribution in [0, 0.1) is 0 Å². The van der Waals surface area contributed by atoms with Gasteiger partial charge in [0.25, 0.3) is 0 Å². The maximum absolute atomic E-state index is 6.60. The second kappa shape index (κ2) is 9.46. The Morgan fingerprint density at radius 3 is 2.31 bits per heavy atom. The van der Waals surface area contributed by atoms with Crippen molar-refractivity contribution in [3.63, 3.8) is 0 Å². The number of hydrogen-bond donors (Lipinski definition) is 1. The summed E-state index contributed by atoms with van der Waals surface area (Å²) in [6, 6.07) is 13.5. The van der Waals surface area contributed by atoms with Crippen LogP contribution in [0.4, 0.5) is 11.8 Å². The summed E-state index contributed by atoms with van der Waals surface area (Å²) >= 11 is 13.2. The summed E-state index contributed by atoms with van der Waals surface area (Å²) < 4.78 is 10.8. The predicted molar refractivity (Wildman–Crippen MR) is 128 cm³/mol. The molecule has 4 rings (SSSR count). The standard InChI is InChI=1S/C23H20Cl2N5O2/c1-31-16-11-17(32-2)20(25)18(19(16)24)15-10-14-12-28-23(26)30-21(14)22(29-15)27-9-8-13-6-4-3-5-7-13/h3-7,10-12H,8-9H2,1-2H3,(H2-,26,27,28,29,30)/q-1. The normalized spacial score (nSPS) is 10.9. The van der Waals surface area contributed by atoms with Crippen LogP contribution in [0.5, 0.6) is 11.5 Å². The fraction of sp³-hybridized carbons (Fsp3) is 0.174. The molecule has 4 aromatic rings. The summed E-state index contributed by atoms with van der Waals surface area (Å²) in [6.45, 7) is 0.516. The fourth-order valence-corrected chi connectivity index (χ4v) is 4.01. The van der Waals surface area contributed by atoms with Crippen molar-refractivity contribution in [1.82, 2.24) is 15.0 Å². The summed E-state index contributed by atoms with van der Waals surface area (Å²) in [5.41, 5.74) is 8.52. The van der Waals surface area contributed by atoms with E-state index in [4.69, 9.17) is 48.7 Å². The Bertz CT molecular complexity index is 1240. The van der Waals surface area contributed by atoms with Crippen molar-refractivity contribution in [2.24, 2.45) is 0 Å². The summed E-state index contributed by atoms with van der Waals surface area (Å²) in [6.07, 6.45) is 2.38. The van der Waals surface area contributed by atoms with Crippen LogP contribution in [0.3, 0.4) is 0 Å². The minimum atomic E-state index is 0.144. The largest absolute Gasteiger partial charge is 0.495 e. The fourth-order valence-electron chi connectivity index (χ4n) is 3.32. The Kier molecular flexibility index (Phi) is 6.48. The summed E-state index contributed by atoms with van der Waals surface area (Å²) in [4.78, 5) is 13.2. The van der Waals surface area contributed by atoms with Gasteiger partial charge in [-0.25, -0.2) is 9.97 Å². The van der Waals surface area contributed by atoms with Gasteiger partial charge >= 0.3 is 0 Å². The van der Waals surface area contributed by atoms with Crippen molar-refractivity contribution in [1.29, 1.82) is 0 Å². The summed E-state index contributed by atoms with van der Waals surface area (Å²) in [5, 5.41) is 6.03. The molecule has 0 saturated carbocycles. The van der Waals surface area contributed by atoms with E-state index in [1.165, 1.54) is 19.8 Å². The van der Waals surface area contributed by atoms with Gasteiger partial charge in [0.15, 0.2) is 0 Å². The van der Waals surface area contributed by atoms with Gasteiger partial charge in [-0.1, -0.05) is 53.5 Å². The first kappa shape index (κ1) is 21.9. The van der Waals surface area contributed by atoms with Crippen LogP contribution in [-0.2, 0) is 6.42 Å². The number of methoxy groups -OCH3 is 2. The molecule has 0 saturated heterocycles. The molecule has 0 unspecified atom stereocenters. The molecule has 7 nitrogen and oxygen atoms in total. The van der Waals surface area contributed by atoms with Crippen LogP contribution in [0.1, 0.15) is 5.56 Å². The van der Waals surface area contributed by atoms with Gasteiger partial charge in [0.05, 0.1) is 29.8 Å². The highest BCUT2D eigenvalue weighted by molar-refractivity contribution is 6.41. The molecule has 9 heteroatoms. The van der Waals surface area contributed by atoms with Gasteiger partial charge in [0, 0.05) is 23.2 Å². The molecule has 0 bridgehead atoms. The van der Waals surface area contributed by atoms with E-state index in [0.717, 1.165) is 6.42 Å². The van der Waals surface area contributed by atoms with E-state index < -0.39 is 0 Å². The number of nitrogen functional groups attached to an aromatic ring is 1. The van der Waals surface area contributed by atoms with E-state index in [9.17, 15) is 0 Å². The Labute approximate surface area is 195 Å². The zero-order valence-electron chi connectivity index (χ0n) is 17.5. The lowest BCUT2D eigenvalue weighted by atomic mass is 10.1. The highest BCUT2D eigenvalue weighted by atomic mass is 35.5. The molecule has 2 N–H and O–H groups in total. The lowest BCUT2D eigenvalue weighted by molar-refractivity contribution is 0.395. The van der Waals surface area contributed by atoms with Crippen LogP contribution in [-0.4, -0.2) is 35.7 Å². The number of anilines is 1. The molecule has 0 aliphatic carbocycles. The average molecular weight is 469 g/mol. The monoisotopic (exact) mass is 468 g/mol. The average Bonchev–Trinajstić information content (AvgIpc) is 2.80. The van der Waals surface area contributed by atoms with E-state index >= 15 is 0 Å². The minimum Gasteiger partial charge on any atom is -0.495 e. The zero-order chi connectivity index (χ0) is 22.7. The predicted octanol–water partition coefficient (Wildman–Crippen LogP) is 5.85. The van der Waals surface area contributed by atoms with Crippen LogP contribution >= 0.6 is 23.2 Å². The van der Waals surface area contributed by atoms with Gasteiger partial charge in [0.1, 0.15) is 11.5 Å². The van der Waals surface area contributed by atoms with Gasteiger partial charge in [-0.05, 0) is 36.1 Å². The van der Waals surface area contributed by atoms with Crippen molar-refractivity contribution in [3.05, 3.63) is 69.6 Å². The lowest BCUT2D eigenvalue weighted by Crippen LogP contribution is -1.99. The molecular formula is C23H20Cl2N5O2-. The number of hydrogen-bond acceptors (Lipinski definition) is 6. The van der Waals surface area contributed by atoms with Crippen molar-refractivity contribution in [3.8, 4) is 22.8 Å². The number of aromatic nitrogens is 3. The summed E-state index contributed by atoms with van der Waals surface area (Å²) in [5.74, 6) is 1.41. The zero-order valence-corrected chi connectivity index (χ0v) is 19.0. The smallest absolute Gasteiger partial charge is 0.220 e. The third kappa shape index (κ3) is 4.35. The maximum atomic E-state index is 6.60. The molecule has 0 aliphatic rings. The van der Waals surface area contributed by atoms with Gasteiger partial charge < -0.3 is 25.5 Å². The Hall–Kier alpha value is -3.29. The van der Waals surface area contributed by atoms with E-state index in [-0.39, 0.29) is 5.95 Å². The number of ether oxygens (including phenoxy) is 2. The highest BCUT2D eigenvalue weighted by Gasteiger charge is 2.18. The number of fused-ring (bicyclic) bond motifs is 1. The Morgan fingerprint density at radius 2 is 1.66 bits per heavy atom. The molecule has 0 radical (unpaired) electrons. The molecule has 0 aliphatic heterocycles. The molecule has 0 spiro atoms. The van der Waals surface area contributed by atoms with Gasteiger partial charge in [-0.3, -0.25) is 0 Å². The first-order valence-corrected chi connectivity index (χ1v) is 10.5. The number of nitrogens with two attached hydrogens (primary N) is 1. The van der Waals surface area contributed by atoms with Crippen LogP contribution in [0.2, 0.25) is 10.0 Å². The van der Waals surface area contributed by atoms with Crippen molar-refractivity contribution >= 4 is 45.9 Å². The van der Waals surface area contributed by atoms with Gasteiger partial charge in [0.2, 0.25) is 5.95 Å². The van der Waals surface area contributed by atoms with E-state index in [1.807, 2.05) is 18.2 Å². The number of rotatable bonds is 7. The topological polar surface area (TPSA) is 97.3 Å². The lowest BCUT2D eigenvalue weighted by Gasteiger charge is -2.22. The van der Waals surface area contributed by atoms with Gasteiger partial charge in [-0.2, -0.15) is 0 Å². The second-order valence-corrected chi connectivity index (χ2v) is 7.65. The molecule has 32 heavy (non-hydrogen) atoms. The first-order chi connectivity index (χ1) is 15.5. The third-order valence-corrected chi connectivity index (χ3v) is 5.65. The van der Waals surface area contributed by atoms with Gasteiger partial charge in [-0.15, -0.1) is 0 Å². The number of halogens is 2. The number of pyridine rings is 1. The Morgan fingerprint density at radius 1 is 0.969 bits per heavy atom. The Balaban J connectivity index is 1.81. The van der Waals surface area contributed by atoms with Crippen molar-refractivity contribution in [2.75, 3.05) is 26.5 Å². The molecule has 164 valence electrons. The second-order valence-electron chi connectivity index (χ2n) is 6.90. The van der Waals surface area contributed by atoms with Crippen molar-refractivity contribution in [2.45, 2.75) is 6.42 Å². The quantitative estimate of drug-likeness (QED) is 0.365. The molecule has 0 atom stereocenters. The van der Waals surface area contributed by atoms with Crippen molar-refractivity contribution < 1.29 is 9.47 Å². The van der Waals surface area contributed by atoms with E-state index in [0.29, 0.717) is 56.1 Å². The molecule has 2 aromatic heterocycles. The van der Waals surface area contributed by atoms with Crippen LogP contribution in [0.15, 0.2) is 48.7 Å². The number of nitrogens with zero attached hydrogens (tertiary/aromatic N) is 4. The molecule has 0 amide bonds. The van der Waals surface area contributed by atoms with Crippen LogP contribution < -0.4 is 15.2 Å². The van der Waals surface area contributed by atoms with Crippen LogP contribution in [0.25, 0.3) is 27.5 Å². The highest BCUT2D eigenvalue weighted by Crippen LogP contribution is 2.46. The third-order valence-electron chi connectivity index (χ3n) is 4.90. The first-order valence-electron chi connectivity index (χ1n) is 9.77. The molecule has 0 fully saturated rings.